The quantitative estimate of drug-likeness (QED) is 0.638. The molecule has 1 aliphatic heterocycles. The van der Waals surface area contributed by atoms with Crippen molar-refractivity contribution in [3.05, 3.63) is 33.9 Å². The van der Waals surface area contributed by atoms with E-state index in [4.69, 9.17) is 9.47 Å². The van der Waals surface area contributed by atoms with Crippen molar-refractivity contribution in [1.29, 1.82) is 0 Å². The number of non-ortho nitro benzene ring substituents is 1. The van der Waals surface area contributed by atoms with E-state index in [-0.39, 0.29) is 5.69 Å². The first-order chi connectivity index (χ1) is 9.69. The summed E-state index contributed by atoms with van der Waals surface area (Å²) in [5, 5.41) is 14.2. The molecule has 1 fully saturated rings. The summed E-state index contributed by atoms with van der Waals surface area (Å²) in [7, 11) is 1.51. The van der Waals surface area contributed by atoms with Crippen LogP contribution in [0.4, 0.5) is 5.69 Å². The SMILES string of the molecule is COc1cc(CNCC2CCOCC2)cc([N+](=O)[O-])c1. The van der Waals surface area contributed by atoms with E-state index < -0.39 is 4.92 Å². The van der Waals surface area contributed by atoms with E-state index in [2.05, 4.69) is 5.32 Å². The molecule has 1 aromatic carbocycles. The number of nitro benzene ring substituents is 1. The fourth-order valence-electron chi connectivity index (χ4n) is 2.34. The zero-order valence-corrected chi connectivity index (χ0v) is 11.6. The monoisotopic (exact) mass is 280 g/mol. The number of nitrogens with zero attached hydrogens (tertiary/aromatic N) is 1. The van der Waals surface area contributed by atoms with Crippen molar-refractivity contribution in [2.24, 2.45) is 5.92 Å². The molecule has 0 amide bonds. The van der Waals surface area contributed by atoms with Crippen LogP contribution < -0.4 is 10.1 Å². The first-order valence-electron chi connectivity index (χ1n) is 6.80. The van der Waals surface area contributed by atoms with Crippen LogP contribution in [-0.4, -0.2) is 31.8 Å². The lowest BCUT2D eigenvalue weighted by atomic mass is 10.0. The number of nitrogens with one attached hydrogen (secondary N) is 1. The standard InChI is InChI=1S/C14H20N2O4/c1-19-14-7-12(6-13(8-14)16(17)18)10-15-9-11-2-4-20-5-3-11/h6-8,11,15H,2-5,9-10H2,1H3. The van der Waals surface area contributed by atoms with Gasteiger partial charge in [0.05, 0.1) is 18.1 Å². The van der Waals surface area contributed by atoms with Crippen molar-refractivity contribution in [3.63, 3.8) is 0 Å². The van der Waals surface area contributed by atoms with E-state index in [1.54, 1.807) is 6.07 Å². The Bertz CT molecular complexity index is 458. The molecule has 0 radical (unpaired) electrons. The Morgan fingerprint density at radius 2 is 2.15 bits per heavy atom. The number of benzene rings is 1. The third-order valence-electron chi connectivity index (χ3n) is 3.50. The molecule has 1 saturated heterocycles. The molecule has 6 heteroatoms. The van der Waals surface area contributed by atoms with Crippen molar-refractivity contribution >= 4 is 5.69 Å². The first kappa shape index (κ1) is 14.7. The molecule has 0 aliphatic carbocycles. The molecule has 0 bridgehead atoms. The van der Waals surface area contributed by atoms with Crippen molar-refractivity contribution in [2.45, 2.75) is 19.4 Å². The Morgan fingerprint density at radius 1 is 1.40 bits per heavy atom. The molecule has 6 nitrogen and oxygen atoms in total. The molecule has 2 rings (SSSR count). The molecule has 20 heavy (non-hydrogen) atoms. The lowest BCUT2D eigenvalue weighted by molar-refractivity contribution is -0.385. The van der Waals surface area contributed by atoms with Crippen LogP contribution in [0.5, 0.6) is 5.75 Å². The Hall–Kier alpha value is -1.66. The molecule has 1 N–H and O–H groups in total. The zero-order valence-electron chi connectivity index (χ0n) is 11.6. The topological polar surface area (TPSA) is 73.6 Å². The molecule has 1 heterocycles. The van der Waals surface area contributed by atoms with Gasteiger partial charge in [-0.1, -0.05) is 0 Å². The molecule has 0 aromatic heterocycles. The van der Waals surface area contributed by atoms with E-state index in [0.29, 0.717) is 18.2 Å². The predicted octanol–water partition coefficient (Wildman–Crippen LogP) is 2.12. The minimum absolute atomic E-state index is 0.0622. The highest BCUT2D eigenvalue weighted by Crippen LogP contribution is 2.22. The molecule has 0 spiro atoms. The van der Waals surface area contributed by atoms with Crippen LogP contribution in [-0.2, 0) is 11.3 Å². The third-order valence-corrected chi connectivity index (χ3v) is 3.50. The molecule has 0 atom stereocenters. The maximum Gasteiger partial charge on any atom is 0.273 e. The van der Waals surface area contributed by atoms with Crippen LogP contribution in [0.15, 0.2) is 18.2 Å². The maximum atomic E-state index is 10.9. The summed E-state index contributed by atoms with van der Waals surface area (Å²) >= 11 is 0. The normalized spacial score (nSPS) is 16.1. The van der Waals surface area contributed by atoms with Gasteiger partial charge in [0.2, 0.25) is 0 Å². The summed E-state index contributed by atoms with van der Waals surface area (Å²) in [4.78, 5) is 10.5. The molecule has 0 saturated carbocycles. The summed E-state index contributed by atoms with van der Waals surface area (Å²) in [5.74, 6) is 1.14. The zero-order chi connectivity index (χ0) is 14.4. The van der Waals surface area contributed by atoms with Crippen molar-refractivity contribution < 1.29 is 14.4 Å². The summed E-state index contributed by atoms with van der Waals surface area (Å²) in [6.07, 6.45) is 2.15. The van der Waals surface area contributed by atoms with Gasteiger partial charge in [-0.25, -0.2) is 0 Å². The number of nitro groups is 1. The molecule has 1 aliphatic rings. The average Bonchev–Trinajstić information content (AvgIpc) is 2.48. The number of methoxy groups -OCH3 is 1. The molecule has 110 valence electrons. The van der Waals surface area contributed by atoms with E-state index in [0.717, 1.165) is 38.2 Å². The lowest BCUT2D eigenvalue weighted by Gasteiger charge is -2.22. The lowest BCUT2D eigenvalue weighted by Crippen LogP contribution is -2.27. The number of hydrogen-bond acceptors (Lipinski definition) is 5. The van der Waals surface area contributed by atoms with E-state index >= 15 is 0 Å². The minimum atomic E-state index is -0.398. The molecular weight excluding hydrogens is 260 g/mol. The molecule has 0 unspecified atom stereocenters. The summed E-state index contributed by atoms with van der Waals surface area (Å²) in [6, 6.07) is 4.84. The Kier molecular flexibility index (Phi) is 5.31. The van der Waals surface area contributed by atoms with Crippen molar-refractivity contribution in [3.8, 4) is 5.75 Å². The summed E-state index contributed by atoms with van der Waals surface area (Å²) in [5.41, 5.74) is 0.926. The van der Waals surface area contributed by atoms with Crippen LogP contribution in [0.1, 0.15) is 18.4 Å². The Labute approximate surface area is 118 Å². The second-order valence-corrected chi connectivity index (χ2v) is 4.98. The van der Waals surface area contributed by atoms with Crippen LogP contribution in [0.3, 0.4) is 0 Å². The highest BCUT2D eigenvalue weighted by Gasteiger charge is 2.14. The number of hydrogen-bond donors (Lipinski definition) is 1. The van der Waals surface area contributed by atoms with Gasteiger partial charge in [-0.2, -0.15) is 0 Å². The van der Waals surface area contributed by atoms with Gasteiger partial charge in [0.1, 0.15) is 5.75 Å². The third kappa shape index (κ3) is 4.18. The maximum absolute atomic E-state index is 10.9. The minimum Gasteiger partial charge on any atom is -0.496 e. The van der Waals surface area contributed by atoms with Gasteiger partial charge in [0.25, 0.3) is 5.69 Å². The number of ether oxygens (including phenoxy) is 2. The summed E-state index contributed by atoms with van der Waals surface area (Å²) < 4.78 is 10.4. The van der Waals surface area contributed by atoms with Gasteiger partial charge in [-0.05, 0) is 36.9 Å². The van der Waals surface area contributed by atoms with Gasteiger partial charge < -0.3 is 14.8 Å². The fourth-order valence-corrected chi connectivity index (χ4v) is 2.34. The van der Waals surface area contributed by atoms with Gasteiger partial charge in [0, 0.05) is 25.8 Å². The van der Waals surface area contributed by atoms with Crippen molar-refractivity contribution in [1.82, 2.24) is 5.32 Å². The molecular formula is C14H20N2O4. The number of rotatable bonds is 6. The average molecular weight is 280 g/mol. The van der Waals surface area contributed by atoms with Gasteiger partial charge in [-0.15, -0.1) is 0 Å². The van der Waals surface area contributed by atoms with Crippen LogP contribution in [0, 0.1) is 16.0 Å². The fraction of sp³-hybridized carbons (Fsp3) is 0.571. The van der Waals surface area contributed by atoms with E-state index in [1.807, 2.05) is 6.07 Å². The largest absolute Gasteiger partial charge is 0.496 e. The van der Waals surface area contributed by atoms with Gasteiger partial charge >= 0.3 is 0 Å². The van der Waals surface area contributed by atoms with E-state index in [1.165, 1.54) is 13.2 Å². The second-order valence-electron chi connectivity index (χ2n) is 4.98. The van der Waals surface area contributed by atoms with Crippen molar-refractivity contribution in [2.75, 3.05) is 26.9 Å². The van der Waals surface area contributed by atoms with Gasteiger partial charge in [0.15, 0.2) is 0 Å². The Balaban J connectivity index is 1.91. The van der Waals surface area contributed by atoms with E-state index in [9.17, 15) is 10.1 Å². The van der Waals surface area contributed by atoms with Gasteiger partial charge in [-0.3, -0.25) is 10.1 Å². The van der Waals surface area contributed by atoms with Crippen LogP contribution in [0.2, 0.25) is 0 Å². The predicted molar refractivity (Wildman–Crippen MR) is 74.9 cm³/mol. The highest BCUT2D eigenvalue weighted by atomic mass is 16.6. The smallest absolute Gasteiger partial charge is 0.273 e. The first-order valence-corrected chi connectivity index (χ1v) is 6.80. The second kappa shape index (κ2) is 7.21. The highest BCUT2D eigenvalue weighted by molar-refractivity contribution is 5.42. The van der Waals surface area contributed by atoms with Crippen LogP contribution in [0.25, 0.3) is 0 Å². The Morgan fingerprint density at radius 3 is 2.80 bits per heavy atom. The summed E-state index contributed by atoms with van der Waals surface area (Å²) in [6.45, 7) is 3.18. The van der Waals surface area contributed by atoms with Crippen LogP contribution >= 0.6 is 0 Å². The molecule has 1 aromatic rings.